The third-order valence-corrected chi connectivity index (χ3v) is 4.82. The van der Waals surface area contributed by atoms with E-state index >= 15 is 0 Å². The van der Waals surface area contributed by atoms with Crippen LogP contribution < -0.4 is 11.1 Å². The third-order valence-electron chi connectivity index (χ3n) is 4.82. The van der Waals surface area contributed by atoms with Gasteiger partial charge < -0.3 is 11.1 Å². The van der Waals surface area contributed by atoms with Gasteiger partial charge in [0.15, 0.2) is 0 Å². The van der Waals surface area contributed by atoms with Crippen molar-refractivity contribution in [2.45, 2.75) is 38.6 Å². The number of aryl methyl sites for hydroxylation is 1. The maximum atomic E-state index is 12.6. The molecule has 1 aliphatic carbocycles. The Hall–Kier alpha value is -2.00. The van der Waals surface area contributed by atoms with Crippen LogP contribution >= 0.6 is 12.4 Å². The van der Waals surface area contributed by atoms with Crippen molar-refractivity contribution in [3.63, 3.8) is 0 Å². The molecule has 0 radical (unpaired) electrons. The van der Waals surface area contributed by atoms with Gasteiger partial charge >= 0.3 is 0 Å². The molecule has 0 heterocycles. The highest BCUT2D eigenvalue weighted by Gasteiger charge is 2.29. The zero-order chi connectivity index (χ0) is 16.2. The molecule has 0 saturated heterocycles. The first-order chi connectivity index (χ1) is 11.1. The normalized spacial score (nSPS) is 19.5. The molecular weight excluding hydrogens is 320 g/mol. The van der Waals surface area contributed by atoms with Crippen molar-refractivity contribution >= 4 is 24.0 Å². The molecule has 2 unspecified atom stereocenters. The summed E-state index contributed by atoms with van der Waals surface area (Å²) < 4.78 is 0. The fourth-order valence-electron chi connectivity index (χ4n) is 3.52. The molecular formula is C20H25ClN2O. The number of anilines is 1. The number of amides is 1. The van der Waals surface area contributed by atoms with E-state index in [-0.39, 0.29) is 24.4 Å². The summed E-state index contributed by atoms with van der Waals surface area (Å²) in [6.07, 6.45) is 4.44. The standard InChI is InChI=1S/C20H24N2O.ClH/c1-14-10-11-17(21)13-18(14)20(23)22-19-9-5-8-16(19)12-15-6-3-2-4-7-15;/h2-4,6-7,10-11,13,16,19H,5,8-9,12,21H2,1H3,(H,22,23);1H. The number of nitrogen functional groups attached to an aromatic ring is 1. The van der Waals surface area contributed by atoms with Gasteiger partial charge in [0.05, 0.1) is 0 Å². The van der Waals surface area contributed by atoms with Crippen LogP contribution in [0.2, 0.25) is 0 Å². The number of nitrogens with one attached hydrogen (secondary N) is 1. The lowest BCUT2D eigenvalue weighted by atomic mass is 9.94. The monoisotopic (exact) mass is 344 g/mol. The Morgan fingerprint density at radius 2 is 1.92 bits per heavy atom. The van der Waals surface area contributed by atoms with Crippen LogP contribution in [0.15, 0.2) is 48.5 Å². The number of hydrogen-bond acceptors (Lipinski definition) is 2. The van der Waals surface area contributed by atoms with Crippen LogP contribution in [0.4, 0.5) is 5.69 Å². The Morgan fingerprint density at radius 1 is 1.17 bits per heavy atom. The SMILES string of the molecule is Cc1ccc(N)cc1C(=O)NC1CCCC1Cc1ccccc1.Cl. The second-order valence-electron chi connectivity index (χ2n) is 6.54. The van der Waals surface area contributed by atoms with Crippen LogP contribution in [0.1, 0.15) is 40.7 Å². The summed E-state index contributed by atoms with van der Waals surface area (Å²) in [7, 11) is 0. The van der Waals surface area contributed by atoms with Gasteiger partial charge in [0.2, 0.25) is 0 Å². The van der Waals surface area contributed by atoms with E-state index in [0.29, 0.717) is 17.2 Å². The highest BCUT2D eigenvalue weighted by atomic mass is 35.5. The lowest BCUT2D eigenvalue weighted by molar-refractivity contribution is 0.0927. The van der Waals surface area contributed by atoms with Crippen molar-refractivity contribution in [1.82, 2.24) is 5.32 Å². The highest BCUT2D eigenvalue weighted by Crippen LogP contribution is 2.29. The first-order valence-corrected chi connectivity index (χ1v) is 8.34. The van der Waals surface area contributed by atoms with E-state index in [9.17, 15) is 4.79 Å². The van der Waals surface area contributed by atoms with Gasteiger partial charge in [0.1, 0.15) is 0 Å². The van der Waals surface area contributed by atoms with Gasteiger partial charge in [-0.3, -0.25) is 4.79 Å². The first-order valence-electron chi connectivity index (χ1n) is 8.34. The number of benzene rings is 2. The summed E-state index contributed by atoms with van der Waals surface area (Å²) in [6.45, 7) is 1.95. The zero-order valence-electron chi connectivity index (χ0n) is 14.0. The van der Waals surface area contributed by atoms with Crippen molar-refractivity contribution < 1.29 is 4.79 Å². The third kappa shape index (κ3) is 4.30. The summed E-state index contributed by atoms with van der Waals surface area (Å²) in [4.78, 5) is 12.6. The van der Waals surface area contributed by atoms with Gasteiger partial charge in [-0.25, -0.2) is 0 Å². The molecule has 1 amide bonds. The zero-order valence-corrected chi connectivity index (χ0v) is 14.8. The number of hydrogen-bond donors (Lipinski definition) is 2. The average Bonchev–Trinajstić information content (AvgIpc) is 2.97. The molecule has 0 spiro atoms. The average molecular weight is 345 g/mol. The molecule has 0 bridgehead atoms. The predicted molar refractivity (Wildman–Crippen MR) is 102 cm³/mol. The van der Waals surface area contributed by atoms with Crippen LogP contribution in [0.5, 0.6) is 0 Å². The summed E-state index contributed by atoms with van der Waals surface area (Å²) in [5.41, 5.74) is 9.46. The van der Waals surface area contributed by atoms with Crippen molar-refractivity contribution in [3.05, 3.63) is 65.2 Å². The van der Waals surface area contributed by atoms with Gasteiger partial charge in [-0.15, -0.1) is 12.4 Å². The quantitative estimate of drug-likeness (QED) is 0.819. The predicted octanol–water partition coefficient (Wildman–Crippen LogP) is 4.14. The van der Waals surface area contributed by atoms with Crippen LogP contribution in [0, 0.1) is 12.8 Å². The number of nitrogens with two attached hydrogens (primary N) is 1. The number of rotatable bonds is 4. The molecule has 3 N–H and O–H groups in total. The van der Waals surface area contributed by atoms with Crippen LogP contribution in [-0.2, 0) is 6.42 Å². The molecule has 0 aliphatic heterocycles. The molecule has 3 nitrogen and oxygen atoms in total. The Kier molecular flexibility index (Phi) is 6.27. The Morgan fingerprint density at radius 3 is 2.67 bits per heavy atom. The van der Waals surface area contributed by atoms with Gasteiger partial charge in [-0.05, 0) is 55.4 Å². The van der Waals surface area contributed by atoms with Crippen LogP contribution in [-0.4, -0.2) is 11.9 Å². The lowest BCUT2D eigenvalue weighted by Crippen LogP contribution is -2.38. The fourth-order valence-corrected chi connectivity index (χ4v) is 3.52. The molecule has 1 fully saturated rings. The topological polar surface area (TPSA) is 55.1 Å². The summed E-state index contributed by atoms with van der Waals surface area (Å²) >= 11 is 0. The fraction of sp³-hybridized carbons (Fsp3) is 0.350. The highest BCUT2D eigenvalue weighted by molar-refractivity contribution is 5.96. The molecule has 2 atom stereocenters. The second kappa shape index (κ2) is 8.20. The van der Waals surface area contributed by atoms with Crippen molar-refractivity contribution in [1.29, 1.82) is 0 Å². The van der Waals surface area contributed by atoms with Crippen LogP contribution in [0.3, 0.4) is 0 Å². The first kappa shape index (κ1) is 18.3. The van der Waals surface area contributed by atoms with E-state index in [4.69, 9.17) is 5.73 Å². The maximum absolute atomic E-state index is 12.6. The minimum Gasteiger partial charge on any atom is -0.399 e. The molecule has 4 heteroatoms. The van der Waals surface area contributed by atoms with E-state index in [1.165, 1.54) is 18.4 Å². The van der Waals surface area contributed by atoms with Crippen molar-refractivity contribution in [2.75, 3.05) is 5.73 Å². The Bertz CT molecular complexity index is 687. The smallest absolute Gasteiger partial charge is 0.251 e. The number of carbonyl (C=O) groups is 1. The van der Waals surface area contributed by atoms with Gasteiger partial charge in [0, 0.05) is 17.3 Å². The molecule has 24 heavy (non-hydrogen) atoms. The Labute approximate surface area is 150 Å². The van der Waals surface area contributed by atoms with E-state index in [2.05, 4.69) is 29.6 Å². The maximum Gasteiger partial charge on any atom is 0.251 e. The van der Waals surface area contributed by atoms with Crippen LogP contribution in [0.25, 0.3) is 0 Å². The molecule has 1 saturated carbocycles. The van der Waals surface area contributed by atoms with E-state index < -0.39 is 0 Å². The minimum absolute atomic E-state index is 0. The van der Waals surface area contributed by atoms with Gasteiger partial charge in [-0.2, -0.15) is 0 Å². The molecule has 3 rings (SSSR count). The minimum atomic E-state index is -0.000221. The Balaban J connectivity index is 0.00000208. The molecule has 0 aromatic heterocycles. The number of carbonyl (C=O) groups excluding carboxylic acids is 1. The van der Waals surface area contributed by atoms with Gasteiger partial charge in [0.25, 0.3) is 5.91 Å². The van der Waals surface area contributed by atoms with E-state index in [1.807, 2.05) is 25.1 Å². The van der Waals surface area contributed by atoms with Crippen molar-refractivity contribution in [3.8, 4) is 0 Å². The van der Waals surface area contributed by atoms with Crippen molar-refractivity contribution in [2.24, 2.45) is 5.92 Å². The molecule has 2 aromatic carbocycles. The lowest BCUT2D eigenvalue weighted by Gasteiger charge is -2.22. The summed E-state index contributed by atoms with van der Waals surface area (Å²) in [5, 5.41) is 3.24. The van der Waals surface area contributed by atoms with Gasteiger partial charge in [-0.1, -0.05) is 42.8 Å². The largest absolute Gasteiger partial charge is 0.399 e. The molecule has 2 aromatic rings. The molecule has 1 aliphatic rings. The number of halogens is 1. The molecule has 128 valence electrons. The van der Waals surface area contributed by atoms with E-state index in [1.54, 1.807) is 6.07 Å². The summed E-state index contributed by atoms with van der Waals surface area (Å²) in [5.74, 6) is 0.516. The van der Waals surface area contributed by atoms with E-state index in [0.717, 1.165) is 18.4 Å². The summed E-state index contributed by atoms with van der Waals surface area (Å²) in [6, 6.07) is 16.3. The second-order valence-corrected chi connectivity index (χ2v) is 6.54.